The molecule has 0 aliphatic heterocycles. The van der Waals surface area contributed by atoms with E-state index in [0.29, 0.717) is 0 Å². The second-order valence-electron chi connectivity index (χ2n) is 7.39. The van der Waals surface area contributed by atoms with Crippen LogP contribution in [0.3, 0.4) is 0 Å². The van der Waals surface area contributed by atoms with Crippen LogP contribution in [0.1, 0.15) is 11.1 Å². The fraction of sp³-hybridized carbons (Fsp3) is 0.250. The maximum atomic E-state index is 5.27. The zero-order valence-electron chi connectivity index (χ0n) is 18.4. The standard InChI is InChI=1S/2C12H14N2S/c1-9-4-6-10(7-5-9)11-8-13-12(15-3)14(11)2;1-9-4-6-10(7-5-9)11-8-13(2)12(15)14(11)3/h2*4-8H,1-3H3. The molecular weight excluding hydrogens is 408 g/mol. The van der Waals surface area contributed by atoms with E-state index in [1.807, 2.05) is 42.7 Å². The van der Waals surface area contributed by atoms with Gasteiger partial charge in [0.1, 0.15) is 0 Å². The SMILES string of the molecule is CSc1ncc(-c2ccc(C)cc2)n1C.Cc1ccc(-c2cn(C)c(=S)n2C)cc1. The molecule has 0 radical (unpaired) electrons. The van der Waals surface area contributed by atoms with Crippen LogP contribution in [0.5, 0.6) is 0 Å². The Bertz CT molecular complexity index is 1180. The van der Waals surface area contributed by atoms with Crippen molar-refractivity contribution in [3.05, 3.63) is 76.8 Å². The molecule has 4 nitrogen and oxygen atoms in total. The fourth-order valence-corrected chi connectivity index (χ4v) is 3.91. The Hall–Kier alpha value is -2.57. The molecule has 0 aliphatic carbocycles. The Balaban J connectivity index is 0.000000171. The smallest absolute Gasteiger partial charge is 0.179 e. The van der Waals surface area contributed by atoms with Crippen LogP contribution in [0.15, 0.2) is 66.1 Å². The lowest BCUT2D eigenvalue weighted by Crippen LogP contribution is -1.93. The van der Waals surface area contributed by atoms with Crippen molar-refractivity contribution in [3.63, 3.8) is 0 Å². The van der Waals surface area contributed by atoms with Gasteiger partial charge >= 0.3 is 0 Å². The first-order valence-electron chi connectivity index (χ1n) is 9.74. The third-order valence-corrected chi connectivity index (χ3v) is 6.40. The van der Waals surface area contributed by atoms with Crippen molar-refractivity contribution >= 4 is 24.0 Å². The molecule has 0 amide bonds. The minimum absolute atomic E-state index is 0.838. The van der Waals surface area contributed by atoms with Gasteiger partial charge in [-0.1, -0.05) is 71.4 Å². The first-order valence-corrected chi connectivity index (χ1v) is 11.4. The van der Waals surface area contributed by atoms with Gasteiger partial charge in [-0.2, -0.15) is 0 Å². The first-order chi connectivity index (χ1) is 14.3. The molecule has 0 fully saturated rings. The lowest BCUT2D eigenvalue weighted by molar-refractivity contribution is 0.798. The summed E-state index contributed by atoms with van der Waals surface area (Å²) in [4.78, 5) is 4.36. The van der Waals surface area contributed by atoms with E-state index in [4.69, 9.17) is 12.2 Å². The monoisotopic (exact) mass is 436 g/mol. The summed E-state index contributed by atoms with van der Waals surface area (Å²) in [7, 11) is 6.02. The highest BCUT2D eigenvalue weighted by Crippen LogP contribution is 2.23. The van der Waals surface area contributed by atoms with E-state index >= 15 is 0 Å². The molecule has 0 N–H and O–H groups in total. The van der Waals surface area contributed by atoms with Crippen molar-refractivity contribution in [1.82, 2.24) is 18.7 Å². The number of benzene rings is 2. The topological polar surface area (TPSA) is 27.7 Å². The van der Waals surface area contributed by atoms with Gasteiger partial charge in [-0.3, -0.25) is 0 Å². The number of hydrogen-bond acceptors (Lipinski definition) is 3. The molecule has 4 aromatic rings. The van der Waals surface area contributed by atoms with Crippen LogP contribution < -0.4 is 0 Å². The van der Waals surface area contributed by atoms with Crippen molar-refractivity contribution in [2.24, 2.45) is 21.1 Å². The summed E-state index contributed by atoms with van der Waals surface area (Å²) in [5, 5.41) is 1.05. The predicted molar refractivity (Wildman–Crippen MR) is 131 cm³/mol. The largest absolute Gasteiger partial charge is 0.326 e. The molecule has 0 saturated heterocycles. The van der Waals surface area contributed by atoms with E-state index in [1.165, 1.54) is 27.9 Å². The average molecular weight is 437 g/mol. The molecule has 0 spiro atoms. The molecule has 0 saturated carbocycles. The average Bonchev–Trinajstić information content (AvgIpc) is 3.24. The Morgan fingerprint density at radius 2 is 1.27 bits per heavy atom. The van der Waals surface area contributed by atoms with Crippen LogP contribution in [0.25, 0.3) is 22.5 Å². The van der Waals surface area contributed by atoms with Gasteiger partial charge in [-0.25, -0.2) is 4.98 Å². The molecule has 0 atom stereocenters. The number of hydrogen-bond donors (Lipinski definition) is 0. The van der Waals surface area contributed by atoms with Crippen molar-refractivity contribution < 1.29 is 0 Å². The van der Waals surface area contributed by atoms with Crippen LogP contribution in [0.2, 0.25) is 0 Å². The summed E-state index contributed by atoms with van der Waals surface area (Å²) in [6, 6.07) is 17.0. The summed E-state index contributed by atoms with van der Waals surface area (Å²) in [5.74, 6) is 0. The quantitative estimate of drug-likeness (QED) is 0.283. The van der Waals surface area contributed by atoms with Crippen LogP contribution in [-0.2, 0) is 21.1 Å². The first kappa shape index (κ1) is 22.1. The zero-order chi connectivity index (χ0) is 21.8. The number of aromatic nitrogens is 4. The highest BCUT2D eigenvalue weighted by Gasteiger charge is 2.07. The Labute approximate surface area is 188 Å². The molecule has 0 aliphatic rings. The lowest BCUT2D eigenvalue weighted by Gasteiger charge is -2.04. The Morgan fingerprint density at radius 3 is 1.67 bits per heavy atom. The minimum atomic E-state index is 0.838. The molecule has 2 aromatic carbocycles. The van der Waals surface area contributed by atoms with Crippen molar-refractivity contribution in [3.8, 4) is 22.5 Å². The second kappa shape index (κ2) is 9.49. The number of rotatable bonds is 3. The van der Waals surface area contributed by atoms with Crippen LogP contribution in [-0.4, -0.2) is 24.9 Å². The van der Waals surface area contributed by atoms with Crippen LogP contribution in [0, 0.1) is 18.6 Å². The number of aryl methyl sites for hydroxylation is 3. The third kappa shape index (κ3) is 4.77. The summed E-state index contributed by atoms with van der Waals surface area (Å²) in [6.07, 6.45) is 6.03. The summed E-state index contributed by atoms with van der Waals surface area (Å²) in [5.41, 5.74) is 7.30. The lowest BCUT2D eigenvalue weighted by atomic mass is 10.1. The van der Waals surface area contributed by atoms with E-state index < -0.39 is 0 Å². The third-order valence-electron chi connectivity index (χ3n) is 5.09. The van der Waals surface area contributed by atoms with Gasteiger partial charge in [0.15, 0.2) is 9.93 Å². The minimum Gasteiger partial charge on any atom is -0.326 e. The fourth-order valence-electron chi connectivity index (χ4n) is 3.23. The molecule has 6 heteroatoms. The van der Waals surface area contributed by atoms with Gasteiger partial charge in [0, 0.05) is 27.3 Å². The van der Waals surface area contributed by atoms with E-state index in [0.717, 1.165) is 15.6 Å². The van der Waals surface area contributed by atoms with Gasteiger partial charge in [-0.15, -0.1) is 0 Å². The van der Waals surface area contributed by atoms with E-state index in [2.05, 4.69) is 78.1 Å². The van der Waals surface area contributed by atoms with Gasteiger partial charge in [0.05, 0.1) is 17.6 Å². The Morgan fingerprint density at radius 1 is 0.767 bits per heavy atom. The summed E-state index contributed by atoms with van der Waals surface area (Å²) >= 11 is 6.93. The number of nitrogens with zero attached hydrogens (tertiary/aromatic N) is 4. The predicted octanol–water partition coefficient (Wildman–Crippen LogP) is 6.19. The molecule has 4 rings (SSSR count). The Kier molecular flexibility index (Phi) is 7.00. The highest BCUT2D eigenvalue weighted by atomic mass is 32.2. The molecule has 2 aromatic heterocycles. The molecule has 30 heavy (non-hydrogen) atoms. The van der Waals surface area contributed by atoms with Gasteiger partial charge in [0.25, 0.3) is 0 Å². The molecule has 2 heterocycles. The molecular formula is C24H28N4S2. The van der Waals surface area contributed by atoms with E-state index in [1.54, 1.807) is 11.8 Å². The maximum Gasteiger partial charge on any atom is 0.179 e. The highest BCUT2D eigenvalue weighted by molar-refractivity contribution is 7.98. The second-order valence-corrected chi connectivity index (χ2v) is 8.53. The molecule has 156 valence electrons. The van der Waals surface area contributed by atoms with Crippen molar-refractivity contribution in [2.45, 2.75) is 19.0 Å². The van der Waals surface area contributed by atoms with Gasteiger partial charge in [-0.05, 0) is 43.4 Å². The molecule has 0 unspecified atom stereocenters. The maximum absolute atomic E-state index is 5.27. The van der Waals surface area contributed by atoms with Gasteiger partial charge in [0.2, 0.25) is 0 Å². The van der Waals surface area contributed by atoms with Crippen molar-refractivity contribution in [1.29, 1.82) is 0 Å². The van der Waals surface area contributed by atoms with Crippen molar-refractivity contribution in [2.75, 3.05) is 6.26 Å². The van der Waals surface area contributed by atoms with Gasteiger partial charge < -0.3 is 13.7 Å². The van der Waals surface area contributed by atoms with E-state index in [9.17, 15) is 0 Å². The normalized spacial score (nSPS) is 10.6. The number of thioether (sulfide) groups is 1. The van der Waals surface area contributed by atoms with E-state index in [-0.39, 0.29) is 0 Å². The molecule has 0 bridgehead atoms. The summed E-state index contributed by atoms with van der Waals surface area (Å²) < 4.78 is 6.95. The van der Waals surface area contributed by atoms with Crippen LogP contribution >= 0.6 is 24.0 Å². The zero-order valence-corrected chi connectivity index (χ0v) is 20.0. The summed E-state index contributed by atoms with van der Waals surface area (Å²) in [6.45, 7) is 4.19. The number of imidazole rings is 2. The van der Waals surface area contributed by atoms with Crippen LogP contribution in [0.4, 0.5) is 0 Å².